The molecule has 7 nitrogen and oxygen atoms in total. The highest BCUT2D eigenvalue weighted by Gasteiger charge is 2.19. The zero-order valence-electron chi connectivity index (χ0n) is 11.5. The molecule has 1 aromatic rings. The topological polar surface area (TPSA) is 91.6 Å². The summed E-state index contributed by atoms with van der Waals surface area (Å²) in [6.07, 6.45) is 2.19. The number of nitrogens with zero attached hydrogens (tertiary/aromatic N) is 3. The van der Waals surface area contributed by atoms with Crippen molar-refractivity contribution in [1.82, 2.24) is 20.2 Å². The molecule has 0 spiro atoms. The van der Waals surface area contributed by atoms with Crippen molar-refractivity contribution in [3.8, 4) is 0 Å². The number of carbonyl (C=O) groups is 2. The number of aromatic nitrogens is 1. The lowest BCUT2D eigenvalue weighted by Gasteiger charge is -2.20. The number of likely N-dealkylation sites (tertiary alicyclic amines) is 1. The zero-order valence-corrected chi connectivity index (χ0v) is 12.3. The molecule has 2 amide bonds. The van der Waals surface area contributed by atoms with Gasteiger partial charge in [0.15, 0.2) is 5.01 Å². The highest BCUT2D eigenvalue weighted by Crippen LogP contribution is 2.12. The van der Waals surface area contributed by atoms with Gasteiger partial charge < -0.3 is 4.90 Å². The van der Waals surface area contributed by atoms with Crippen LogP contribution >= 0.6 is 11.3 Å². The number of hydrazine groups is 1. The predicted molar refractivity (Wildman–Crippen MR) is 75.9 cm³/mol. The first kappa shape index (κ1) is 14.9. The highest BCUT2D eigenvalue weighted by molar-refractivity contribution is 7.11. The van der Waals surface area contributed by atoms with Crippen molar-refractivity contribution in [2.75, 3.05) is 26.7 Å². The van der Waals surface area contributed by atoms with Crippen molar-refractivity contribution < 1.29 is 9.59 Å². The van der Waals surface area contributed by atoms with E-state index < -0.39 is 5.91 Å². The molecule has 0 radical (unpaired) electrons. The fourth-order valence-electron chi connectivity index (χ4n) is 2.18. The van der Waals surface area contributed by atoms with E-state index in [-0.39, 0.29) is 5.91 Å². The van der Waals surface area contributed by atoms with Crippen LogP contribution in [0.1, 0.15) is 28.3 Å². The Bertz CT molecular complexity index is 484. The van der Waals surface area contributed by atoms with Gasteiger partial charge in [0.25, 0.3) is 5.91 Å². The number of nitrogen functional groups attached to an aromatic ring is 1. The Morgan fingerprint density at radius 3 is 2.85 bits per heavy atom. The van der Waals surface area contributed by atoms with Crippen LogP contribution in [-0.4, -0.2) is 53.3 Å². The summed E-state index contributed by atoms with van der Waals surface area (Å²) in [5.74, 6) is 4.82. The number of nitrogens with two attached hydrogens (primary N) is 1. The molecule has 0 aliphatic carbocycles. The maximum Gasteiger partial charge on any atom is 0.294 e. The molecule has 0 unspecified atom stereocenters. The molecule has 1 aromatic heterocycles. The quantitative estimate of drug-likeness (QED) is 0.446. The molecule has 0 saturated carbocycles. The number of thiazole rings is 1. The molecule has 1 aliphatic rings. The van der Waals surface area contributed by atoms with Gasteiger partial charge in [-0.2, -0.15) is 0 Å². The molecule has 8 heteroatoms. The van der Waals surface area contributed by atoms with Gasteiger partial charge in [-0.3, -0.25) is 19.9 Å². The second-order valence-corrected chi connectivity index (χ2v) is 5.74. The SMILES string of the molecule is CN(CC(=O)N1CCCC1)Cc1csc(C(=O)NN)n1. The molecule has 1 saturated heterocycles. The number of amides is 2. The second kappa shape index (κ2) is 6.78. The lowest BCUT2D eigenvalue weighted by molar-refractivity contribution is -0.131. The van der Waals surface area contributed by atoms with Gasteiger partial charge in [0, 0.05) is 25.0 Å². The van der Waals surface area contributed by atoms with Gasteiger partial charge >= 0.3 is 0 Å². The first-order chi connectivity index (χ1) is 9.60. The molecule has 2 rings (SSSR count). The maximum absolute atomic E-state index is 12.0. The number of rotatable bonds is 5. The molecule has 1 aliphatic heterocycles. The van der Waals surface area contributed by atoms with Crippen molar-refractivity contribution >= 4 is 23.2 Å². The smallest absolute Gasteiger partial charge is 0.294 e. The number of hydrogen-bond donors (Lipinski definition) is 2. The van der Waals surface area contributed by atoms with E-state index >= 15 is 0 Å². The Balaban J connectivity index is 1.84. The van der Waals surface area contributed by atoms with Crippen LogP contribution in [0, 0.1) is 0 Å². The summed E-state index contributed by atoms with van der Waals surface area (Å²) >= 11 is 1.24. The third-order valence-corrected chi connectivity index (χ3v) is 4.06. The number of nitrogens with one attached hydrogen (secondary N) is 1. The van der Waals surface area contributed by atoms with Gasteiger partial charge in [-0.1, -0.05) is 0 Å². The van der Waals surface area contributed by atoms with Crippen LogP contribution < -0.4 is 11.3 Å². The summed E-state index contributed by atoms with van der Waals surface area (Å²) in [5.41, 5.74) is 2.82. The van der Waals surface area contributed by atoms with Crippen LogP contribution in [-0.2, 0) is 11.3 Å². The van der Waals surface area contributed by atoms with Crippen molar-refractivity contribution in [2.24, 2.45) is 5.84 Å². The van der Waals surface area contributed by atoms with Crippen LogP contribution in [0.15, 0.2) is 5.38 Å². The lowest BCUT2D eigenvalue weighted by Crippen LogP contribution is -2.37. The average molecular weight is 297 g/mol. The fourth-order valence-corrected chi connectivity index (χ4v) is 2.89. The summed E-state index contributed by atoms with van der Waals surface area (Å²) in [7, 11) is 1.87. The maximum atomic E-state index is 12.0. The third kappa shape index (κ3) is 3.75. The van der Waals surface area contributed by atoms with Crippen molar-refractivity contribution in [3.63, 3.8) is 0 Å². The van der Waals surface area contributed by atoms with Gasteiger partial charge in [-0.25, -0.2) is 10.8 Å². The molecule has 1 fully saturated rings. The Kier molecular flexibility index (Phi) is 5.05. The number of likely N-dealkylation sites (N-methyl/N-ethyl adjacent to an activating group) is 1. The summed E-state index contributed by atoms with van der Waals surface area (Å²) < 4.78 is 0. The number of hydrogen-bond acceptors (Lipinski definition) is 6. The van der Waals surface area contributed by atoms with Gasteiger partial charge in [0.1, 0.15) is 0 Å². The Labute approximate surface area is 121 Å². The molecule has 2 heterocycles. The van der Waals surface area contributed by atoms with Crippen molar-refractivity contribution in [2.45, 2.75) is 19.4 Å². The zero-order chi connectivity index (χ0) is 14.5. The van der Waals surface area contributed by atoms with E-state index in [1.807, 2.05) is 16.8 Å². The van der Waals surface area contributed by atoms with E-state index in [1.165, 1.54) is 11.3 Å². The van der Waals surface area contributed by atoms with Crippen molar-refractivity contribution in [1.29, 1.82) is 0 Å². The predicted octanol–water partition coefficient (Wildman–Crippen LogP) is -0.199. The minimum absolute atomic E-state index is 0.153. The van der Waals surface area contributed by atoms with Gasteiger partial charge in [-0.05, 0) is 19.9 Å². The summed E-state index contributed by atoms with van der Waals surface area (Å²) in [4.78, 5) is 31.3. The average Bonchev–Trinajstić information content (AvgIpc) is 3.08. The van der Waals surface area contributed by atoms with Crippen LogP contribution in [0.5, 0.6) is 0 Å². The van der Waals surface area contributed by atoms with E-state index in [4.69, 9.17) is 5.84 Å². The molecule has 0 bridgehead atoms. The lowest BCUT2D eigenvalue weighted by atomic mass is 10.4. The fraction of sp³-hybridized carbons (Fsp3) is 0.583. The monoisotopic (exact) mass is 297 g/mol. The van der Waals surface area contributed by atoms with E-state index in [0.29, 0.717) is 18.1 Å². The van der Waals surface area contributed by atoms with E-state index in [2.05, 4.69) is 10.4 Å². The van der Waals surface area contributed by atoms with E-state index in [9.17, 15) is 9.59 Å². The first-order valence-corrected chi connectivity index (χ1v) is 7.40. The standard InChI is InChI=1S/C12H19N5O2S/c1-16(7-10(18)17-4-2-3-5-17)6-9-8-20-12(14-9)11(19)15-13/h8H,2-7,13H2,1H3,(H,15,19). The van der Waals surface area contributed by atoms with E-state index in [0.717, 1.165) is 31.6 Å². The Morgan fingerprint density at radius 2 is 2.20 bits per heavy atom. The molecule has 3 N–H and O–H groups in total. The summed E-state index contributed by atoms with van der Waals surface area (Å²) in [5, 5.41) is 2.14. The van der Waals surface area contributed by atoms with Gasteiger partial charge in [-0.15, -0.1) is 11.3 Å². The highest BCUT2D eigenvalue weighted by atomic mass is 32.1. The van der Waals surface area contributed by atoms with Crippen LogP contribution in [0.25, 0.3) is 0 Å². The van der Waals surface area contributed by atoms with Crippen LogP contribution in [0.4, 0.5) is 0 Å². The summed E-state index contributed by atoms with van der Waals surface area (Å²) in [6, 6.07) is 0. The third-order valence-electron chi connectivity index (χ3n) is 3.17. The number of carbonyl (C=O) groups excluding carboxylic acids is 2. The molecular formula is C12H19N5O2S. The molecule has 20 heavy (non-hydrogen) atoms. The molecule has 110 valence electrons. The van der Waals surface area contributed by atoms with Crippen LogP contribution in [0.2, 0.25) is 0 Å². The second-order valence-electron chi connectivity index (χ2n) is 4.88. The Morgan fingerprint density at radius 1 is 1.50 bits per heavy atom. The molecule has 0 aromatic carbocycles. The largest absolute Gasteiger partial charge is 0.342 e. The van der Waals surface area contributed by atoms with E-state index in [1.54, 1.807) is 5.38 Å². The first-order valence-electron chi connectivity index (χ1n) is 6.52. The molecular weight excluding hydrogens is 278 g/mol. The normalized spacial score (nSPS) is 14.8. The van der Waals surface area contributed by atoms with Gasteiger partial charge in [0.2, 0.25) is 5.91 Å². The van der Waals surface area contributed by atoms with Crippen molar-refractivity contribution in [3.05, 3.63) is 16.1 Å². The minimum atomic E-state index is -0.392. The van der Waals surface area contributed by atoms with Gasteiger partial charge in [0.05, 0.1) is 12.2 Å². The Hall–Kier alpha value is -1.51. The van der Waals surface area contributed by atoms with Crippen LogP contribution in [0.3, 0.4) is 0 Å². The minimum Gasteiger partial charge on any atom is -0.342 e. The summed E-state index contributed by atoms with van der Waals surface area (Å²) in [6.45, 7) is 2.64. The molecule has 0 atom stereocenters.